The lowest BCUT2D eigenvalue weighted by atomic mass is 9.92. The highest BCUT2D eigenvalue weighted by molar-refractivity contribution is 7.93. The molecule has 0 bridgehead atoms. The lowest BCUT2D eigenvalue weighted by Crippen LogP contribution is -2.19. The highest BCUT2D eigenvalue weighted by Gasteiger charge is 2.34. The number of Topliss-reactive ketones (excluding diaryl/α,β-unsaturated/α-hetero) is 1. The highest BCUT2D eigenvalue weighted by Crippen LogP contribution is 2.33. The number of nitrogens with zero attached hydrogens (tertiary/aromatic N) is 1. The monoisotopic (exact) mass is 441 g/mol. The molecule has 9 heteroatoms. The maximum Gasteiger partial charge on any atom is 0.355 e. The third-order valence-corrected chi connectivity index (χ3v) is 8.10. The molecule has 1 heterocycles. The van der Waals surface area contributed by atoms with Crippen LogP contribution >= 0.6 is 11.3 Å². The summed E-state index contributed by atoms with van der Waals surface area (Å²) >= 11 is 0.780. The minimum absolute atomic E-state index is 0.0445. The number of carboxylic acids is 1. The topological polar surface area (TPSA) is 122 Å². The number of sulfone groups is 1. The number of hydrogen-bond acceptors (Lipinski definition) is 7. The van der Waals surface area contributed by atoms with Gasteiger partial charge in [0.1, 0.15) is 5.78 Å². The third-order valence-electron chi connectivity index (χ3n) is 5.02. The van der Waals surface area contributed by atoms with Gasteiger partial charge in [-0.3, -0.25) is 4.79 Å². The number of aliphatic hydroxyl groups excluding tert-OH is 1. The van der Waals surface area contributed by atoms with Crippen molar-refractivity contribution in [2.45, 2.75) is 55.9 Å². The second-order valence-corrected chi connectivity index (χ2v) is 10.6. The van der Waals surface area contributed by atoms with E-state index in [2.05, 4.69) is 11.6 Å². The van der Waals surface area contributed by atoms with Gasteiger partial charge in [0.05, 0.1) is 11.9 Å². The van der Waals surface area contributed by atoms with Crippen molar-refractivity contribution < 1.29 is 28.2 Å². The second-order valence-electron chi connectivity index (χ2n) is 7.50. The average Bonchev–Trinajstić information content (AvgIpc) is 3.26. The van der Waals surface area contributed by atoms with E-state index in [1.165, 1.54) is 5.38 Å². The van der Waals surface area contributed by atoms with E-state index in [0.29, 0.717) is 25.7 Å². The van der Waals surface area contributed by atoms with Gasteiger partial charge in [-0.1, -0.05) is 17.7 Å². The van der Waals surface area contributed by atoms with Gasteiger partial charge in [-0.25, -0.2) is 18.2 Å². The number of rotatable bonds is 11. The van der Waals surface area contributed by atoms with E-state index in [0.717, 1.165) is 23.3 Å². The van der Waals surface area contributed by atoms with E-state index in [-0.39, 0.29) is 39.8 Å². The SMILES string of the molecule is C=C(C)CC[C@H](O)C/C=C/[C@H]1CCC(=O)[C@@H]1CCS(=O)(=O)c1nc(C(=O)O)cs1. The zero-order chi connectivity index (χ0) is 21.6. The average molecular weight is 442 g/mol. The minimum atomic E-state index is -3.74. The summed E-state index contributed by atoms with van der Waals surface area (Å²) in [5, 5.41) is 20.1. The van der Waals surface area contributed by atoms with Crippen LogP contribution in [0, 0.1) is 11.8 Å². The highest BCUT2D eigenvalue weighted by atomic mass is 32.2. The Morgan fingerprint density at radius 1 is 1.48 bits per heavy atom. The van der Waals surface area contributed by atoms with Crippen LogP contribution < -0.4 is 0 Å². The Labute approximate surface area is 175 Å². The van der Waals surface area contributed by atoms with Crippen molar-refractivity contribution in [1.29, 1.82) is 0 Å². The van der Waals surface area contributed by atoms with Gasteiger partial charge < -0.3 is 10.2 Å². The van der Waals surface area contributed by atoms with Crippen LogP contribution in [-0.4, -0.2) is 47.2 Å². The van der Waals surface area contributed by atoms with Gasteiger partial charge >= 0.3 is 5.97 Å². The first-order valence-corrected chi connectivity index (χ1v) is 12.1. The molecule has 1 aromatic rings. The lowest BCUT2D eigenvalue weighted by molar-refractivity contribution is -0.121. The molecule has 2 N–H and O–H groups in total. The summed E-state index contributed by atoms with van der Waals surface area (Å²) in [6.07, 6.45) is 6.46. The Kier molecular flexibility index (Phi) is 8.30. The molecule has 0 spiro atoms. The zero-order valence-corrected chi connectivity index (χ0v) is 18.0. The minimum Gasteiger partial charge on any atom is -0.476 e. The number of aromatic carboxylic acids is 1. The zero-order valence-electron chi connectivity index (χ0n) is 16.4. The largest absolute Gasteiger partial charge is 0.476 e. The molecule has 1 aromatic heterocycles. The molecule has 7 nitrogen and oxygen atoms in total. The lowest BCUT2D eigenvalue weighted by Gasteiger charge is -2.15. The quantitative estimate of drug-likeness (QED) is 0.505. The van der Waals surface area contributed by atoms with Crippen LogP contribution in [0.2, 0.25) is 0 Å². The summed E-state index contributed by atoms with van der Waals surface area (Å²) in [6, 6.07) is 0. The number of thiazole rings is 1. The Bertz CT molecular complexity index is 887. The molecule has 1 aliphatic rings. The fourth-order valence-electron chi connectivity index (χ4n) is 3.35. The Morgan fingerprint density at radius 3 is 2.83 bits per heavy atom. The van der Waals surface area contributed by atoms with Gasteiger partial charge in [-0.2, -0.15) is 0 Å². The molecule has 0 aromatic carbocycles. The van der Waals surface area contributed by atoms with Crippen molar-refractivity contribution >= 4 is 32.9 Å². The number of carbonyl (C=O) groups excluding carboxylic acids is 1. The van der Waals surface area contributed by atoms with Crippen LogP contribution in [-0.2, 0) is 14.6 Å². The molecular formula is C20H27NO6S2. The van der Waals surface area contributed by atoms with Gasteiger partial charge in [0.2, 0.25) is 14.2 Å². The first-order valence-electron chi connectivity index (χ1n) is 9.53. The first-order chi connectivity index (χ1) is 13.6. The molecule has 0 saturated heterocycles. The van der Waals surface area contributed by atoms with Crippen molar-refractivity contribution in [3.63, 3.8) is 0 Å². The van der Waals surface area contributed by atoms with Crippen molar-refractivity contribution in [1.82, 2.24) is 4.98 Å². The first kappa shape index (κ1) is 23.4. The predicted molar refractivity (Wildman–Crippen MR) is 111 cm³/mol. The summed E-state index contributed by atoms with van der Waals surface area (Å²) < 4.78 is 24.7. The number of carboxylic acid groups (broad SMARTS) is 1. The Hall–Kier alpha value is -1.84. The smallest absolute Gasteiger partial charge is 0.355 e. The van der Waals surface area contributed by atoms with Gasteiger partial charge in [-0.15, -0.1) is 17.9 Å². The van der Waals surface area contributed by atoms with Crippen LogP contribution in [0.1, 0.15) is 55.9 Å². The number of ketones is 1. The Morgan fingerprint density at radius 2 is 2.21 bits per heavy atom. The van der Waals surface area contributed by atoms with E-state index in [1.54, 1.807) is 0 Å². The fraction of sp³-hybridized carbons (Fsp3) is 0.550. The Balaban J connectivity index is 1.93. The maximum atomic E-state index is 12.5. The molecule has 3 atom stereocenters. The number of hydrogen-bond donors (Lipinski definition) is 2. The molecule has 0 aliphatic heterocycles. The molecule has 29 heavy (non-hydrogen) atoms. The normalized spacial score (nSPS) is 21.0. The molecule has 160 valence electrons. The van der Waals surface area contributed by atoms with Crippen LogP contribution in [0.4, 0.5) is 0 Å². The van der Waals surface area contributed by atoms with Crippen molar-refractivity contribution in [3.05, 3.63) is 35.4 Å². The van der Waals surface area contributed by atoms with Crippen molar-refractivity contribution in [3.8, 4) is 0 Å². The van der Waals surface area contributed by atoms with E-state index < -0.39 is 21.9 Å². The van der Waals surface area contributed by atoms with E-state index in [9.17, 15) is 23.1 Å². The summed E-state index contributed by atoms with van der Waals surface area (Å²) in [6.45, 7) is 5.73. The van der Waals surface area contributed by atoms with Crippen LogP contribution in [0.15, 0.2) is 34.0 Å². The van der Waals surface area contributed by atoms with Crippen LogP contribution in [0.3, 0.4) is 0 Å². The number of carbonyl (C=O) groups is 2. The molecule has 2 rings (SSSR count). The molecule has 0 radical (unpaired) electrons. The number of allylic oxidation sites excluding steroid dienone is 2. The van der Waals surface area contributed by atoms with Gasteiger partial charge in [0.15, 0.2) is 5.69 Å². The summed E-state index contributed by atoms with van der Waals surface area (Å²) in [5.41, 5.74) is 0.725. The van der Waals surface area contributed by atoms with Gasteiger partial charge in [0.25, 0.3) is 0 Å². The van der Waals surface area contributed by atoms with E-state index >= 15 is 0 Å². The standard InChI is InChI=1S/C20H27NO6S2/c1-13(2)6-8-15(22)5-3-4-14-7-9-18(23)16(14)10-11-29(26,27)20-21-17(12-28-20)19(24)25/h3-4,12,14-16,22H,1,5-11H2,2H3,(H,24,25)/b4-3+/t14-,15+,16+/m0/s1. The second kappa shape index (κ2) is 10.3. The molecule has 1 saturated carbocycles. The summed E-state index contributed by atoms with van der Waals surface area (Å²) in [5.74, 6) is -1.90. The number of aliphatic hydroxyl groups is 1. The molecular weight excluding hydrogens is 414 g/mol. The molecule has 1 fully saturated rings. The fourth-order valence-corrected chi connectivity index (χ4v) is 5.82. The van der Waals surface area contributed by atoms with Crippen LogP contribution in [0.25, 0.3) is 0 Å². The molecule has 0 amide bonds. The van der Waals surface area contributed by atoms with Gasteiger partial charge in [-0.05, 0) is 44.9 Å². The number of aromatic nitrogens is 1. The van der Waals surface area contributed by atoms with E-state index in [1.807, 2.05) is 19.1 Å². The summed E-state index contributed by atoms with van der Waals surface area (Å²) in [7, 11) is -3.74. The van der Waals surface area contributed by atoms with Crippen LogP contribution in [0.5, 0.6) is 0 Å². The van der Waals surface area contributed by atoms with Gasteiger partial charge in [0, 0.05) is 17.7 Å². The van der Waals surface area contributed by atoms with Crippen molar-refractivity contribution in [2.24, 2.45) is 11.8 Å². The molecule has 0 unspecified atom stereocenters. The summed E-state index contributed by atoms with van der Waals surface area (Å²) in [4.78, 5) is 26.8. The maximum absolute atomic E-state index is 12.5. The predicted octanol–water partition coefficient (Wildman–Crippen LogP) is 3.26. The molecule has 1 aliphatic carbocycles. The third kappa shape index (κ3) is 6.87. The van der Waals surface area contributed by atoms with E-state index in [4.69, 9.17) is 5.11 Å². The van der Waals surface area contributed by atoms with Crippen molar-refractivity contribution in [2.75, 3.05) is 5.75 Å².